The predicted octanol–water partition coefficient (Wildman–Crippen LogP) is 9.53. The van der Waals surface area contributed by atoms with Crippen molar-refractivity contribution in [2.75, 3.05) is 13.7 Å². The van der Waals surface area contributed by atoms with Gasteiger partial charge < -0.3 is 46.7 Å². The fraction of sp³-hybridized carbons (Fsp3) is 0.358. The minimum Gasteiger partial charge on any atom is -0.385 e. The van der Waals surface area contributed by atoms with E-state index >= 15 is 0 Å². The van der Waals surface area contributed by atoms with Crippen molar-refractivity contribution in [1.82, 2.24) is 0 Å². The lowest BCUT2D eigenvalue weighted by Gasteiger charge is -2.49. The molecule has 10 atom stereocenters. The maximum Gasteiger partial charge on any atom is 0.332 e. The third kappa shape index (κ3) is 13.2. The first kappa shape index (κ1) is 47.4. The molecule has 0 bridgehead atoms. The number of hydrogen-bond acceptors (Lipinski definition) is 10. The van der Waals surface area contributed by atoms with Gasteiger partial charge in [0.25, 0.3) is 0 Å². The standard InChI is InChI=1S/C53H62O10Si/c1-6-44-48(50(57-35-41-27-17-10-18-28-41)47(56-34-40-25-15-9-16-26-40)46(60-44)38-55-33-39-23-13-8-14-24-39)62-64(4,5)63-49-45(7-2)61-53(54-3)52(59-37-43-31-21-12-22-32-43)51(49)58-36-42-29-19-11-20-30-42/h6-32,44-53H,1-2,33-38H2,3-5H3/t44-,45-,46-,47-,48+,49-,50+,51+,52-,53+/m1/s1. The van der Waals surface area contributed by atoms with Gasteiger partial charge in [-0.05, 0) is 40.9 Å². The van der Waals surface area contributed by atoms with Crippen molar-refractivity contribution in [2.45, 2.75) is 107 Å². The summed E-state index contributed by atoms with van der Waals surface area (Å²) < 4.78 is 67.4. The smallest absolute Gasteiger partial charge is 0.332 e. The van der Waals surface area contributed by atoms with E-state index in [0.29, 0.717) is 33.0 Å². The van der Waals surface area contributed by atoms with Crippen molar-refractivity contribution < 1.29 is 46.7 Å². The highest BCUT2D eigenvalue weighted by molar-refractivity contribution is 6.64. The molecule has 2 fully saturated rings. The molecule has 10 nitrogen and oxygen atoms in total. The zero-order chi connectivity index (χ0) is 44.6. The molecule has 2 aliphatic heterocycles. The molecule has 0 unspecified atom stereocenters. The molecule has 0 amide bonds. The van der Waals surface area contributed by atoms with Gasteiger partial charge in [0.2, 0.25) is 0 Å². The lowest BCUT2D eigenvalue weighted by atomic mass is 9.94. The third-order valence-electron chi connectivity index (χ3n) is 11.3. The first-order valence-corrected chi connectivity index (χ1v) is 24.8. The van der Waals surface area contributed by atoms with E-state index in [4.69, 9.17) is 46.7 Å². The van der Waals surface area contributed by atoms with Crippen molar-refractivity contribution in [3.63, 3.8) is 0 Å². The Hall–Kier alpha value is -4.60. The minimum atomic E-state index is -3.25. The van der Waals surface area contributed by atoms with Crippen molar-refractivity contribution in [3.8, 4) is 0 Å². The fourth-order valence-electron chi connectivity index (χ4n) is 8.12. The Bertz CT molecular complexity index is 2100. The Morgan fingerprint density at radius 2 is 0.797 bits per heavy atom. The zero-order valence-electron chi connectivity index (χ0n) is 37.1. The van der Waals surface area contributed by atoms with Crippen LogP contribution in [0.2, 0.25) is 13.1 Å². The number of methoxy groups -OCH3 is 1. The highest BCUT2D eigenvalue weighted by atomic mass is 28.4. The predicted molar refractivity (Wildman–Crippen MR) is 248 cm³/mol. The molecule has 2 aliphatic rings. The molecule has 64 heavy (non-hydrogen) atoms. The molecule has 0 N–H and O–H groups in total. The van der Waals surface area contributed by atoms with Crippen LogP contribution in [0.3, 0.4) is 0 Å². The van der Waals surface area contributed by atoms with Crippen LogP contribution in [0, 0.1) is 0 Å². The Labute approximate surface area is 379 Å². The number of rotatable bonds is 23. The second kappa shape index (κ2) is 24.1. The third-order valence-corrected chi connectivity index (χ3v) is 13.0. The SMILES string of the molecule is C=C[C@H]1O[C@H](COCc2ccccc2)[C@@H](OCc2ccccc2)[C@H](OCc2ccccc2)[C@H]1O[Si](C)(C)O[C@H]1[C@H](OCc2ccccc2)[C@@H](OCc2ccccc2)[C@@H](OC)O[C@@H]1C=C. The Morgan fingerprint density at radius 1 is 0.453 bits per heavy atom. The normalized spacial score (nSPS) is 26.0. The quantitative estimate of drug-likeness (QED) is 0.0467. The van der Waals surface area contributed by atoms with Crippen molar-refractivity contribution >= 4 is 8.56 Å². The maximum absolute atomic E-state index is 7.27. The van der Waals surface area contributed by atoms with E-state index in [1.807, 2.05) is 165 Å². The van der Waals surface area contributed by atoms with Crippen molar-refractivity contribution in [1.29, 1.82) is 0 Å². The van der Waals surface area contributed by atoms with Crippen LogP contribution in [0.1, 0.15) is 27.8 Å². The lowest BCUT2D eigenvalue weighted by molar-refractivity contribution is -0.301. The van der Waals surface area contributed by atoms with E-state index in [1.165, 1.54) is 0 Å². The maximum atomic E-state index is 7.27. The average Bonchev–Trinajstić information content (AvgIpc) is 3.33. The van der Waals surface area contributed by atoms with Crippen LogP contribution in [0.25, 0.3) is 0 Å². The first-order chi connectivity index (χ1) is 31.3. The van der Waals surface area contributed by atoms with Crippen LogP contribution >= 0.6 is 0 Å². The van der Waals surface area contributed by atoms with Gasteiger partial charge in [0.15, 0.2) is 6.29 Å². The zero-order valence-corrected chi connectivity index (χ0v) is 38.1. The summed E-state index contributed by atoms with van der Waals surface area (Å²) in [4.78, 5) is 0. The van der Waals surface area contributed by atoms with Crippen LogP contribution in [-0.4, -0.2) is 83.5 Å². The Morgan fingerprint density at radius 3 is 1.19 bits per heavy atom. The topological polar surface area (TPSA) is 92.3 Å². The molecule has 0 saturated carbocycles. The number of hydrogen-bond donors (Lipinski definition) is 0. The van der Waals surface area contributed by atoms with Gasteiger partial charge in [-0.3, -0.25) is 0 Å². The van der Waals surface area contributed by atoms with Crippen LogP contribution in [-0.2, 0) is 79.8 Å². The second-order valence-corrected chi connectivity index (χ2v) is 19.7. The molecule has 0 radical (unpaired) electrons. The molecular formula is C53H62O10Si. The summed E-state index contributed by atoms with van der Waals surface area (Å²) >= 11 is 0. The molecular weight excluding hydrogens is 825 g/mol. The highest BCUT2D eigenvalue weighted by Crippen LogP contribution is 2.36. The van der Waals surface area contributed by atoms with Gasteiger partial charge in [0.1, 0.15) is 54.9 Å². The van der Waals surface area contributed by atoms with Gasteiger partial charge in [-0.25, -0.2) is 0 Å². The molecule has 5 aromatic carbocycles. The highest BCUT2D eigenvalue weighted by Gasteiger charge is 2.53. The van der Waals surface area contributed by atoms with Crippen molar-refractivity contribution in [2.24, 2.45) is 0 Å². The molecule has 0 aliphatic carbocycles. The van der Waals surface area contributed by atoms with Gasteiger partial charge in [-0.1, -0.05) is 164 Å². The summed E-state index contributed by atoms with van der Waals surface area (Å²) in [5.41, 5.74) is 5.09. The molecule has 0 spiro atoms. The van der Waals surface area contributed by atoms with Gasteiger partial charge in [-0.2, -0.15) is 0 Å². The van der Waals surface area contributed by atoms with Gasteiger partial charge in [0.05, 0.1) is 39.6 Å². The largest absolute Gasteiger partial charge is 0.385 e. The molecule has 11 heteroatoms. The van der Waals surface area contributed by atoms with Crippen LogP contribution in [0.4, 0.5) is 0 Å². The monoisotopic (exact) mass is 886 g/mol. The molecule has 7 rings (SSSR count). The Balaban J connectivity index is 1.18. The van der Waals surface area contributed by atoms with E-state index in [-0.39, 0.29) is 6.61 Å². The van der Waals surface area contributed by atoms with Gasteiger partial charge in [0, 0.05) is 7.11 Å². The number of benzene rings is 5. The van der Waals surface area contributed by atoms with Gasteiger partial charge >= 0.3 is 8.56 Å². The summed E-state index contributed by atoms with van der Waals surface area (Å²) in [6.07, 6.45) is -3.00. The Kier molecular flexibility index (Phi) is 17.8. The number of ether oxygens (including phenoxy) is 8. The molecule has 2 heterocycles. The summed E-state index contributed by atoms with van der Waals surface area (Å²) in [6.45, 7) is 14.3. The van der Waals surface area contributed by atoms with Crippen LogP contribution in [0.5, 0.6) is 0 Å². The summed E-state index contributed by atoms with van der Waals surface area (Å²) in [5.74, 6) is 0. The van der Waals surface area contributed by atoms with E-state index in [2.05, 4.69) is 13.2 Å². The van der Waals surface area contributed by atoms with E-state index in [1.54, 1.807) is 19.3 Å². The molecule has 2 saturated heterocycles. The molecule has 0 aromatic heterocycles. The van der Waals surface area contributed by atoms with E-state index < -0.39 is 69.8 Å². The lowest BCUT2D eigenvalue weighted by Crippen LogP contribution is -2.65. The first-order valence-electron chi connectivity index (χ1n) is 22.0. The fourth-order valence-corrected chi connectivity index (χ4v) is 10.0. The molecule has 338 valence electrons. The second-order valence-electron chi connectivity index (χ2n) is 16.4. The molecule has 5 aromatic rings. The van der Waals surface area contributed by atoms with Crippen LogP contribution < -0.4 is 0 Å². The van der Waals surface area contributed by atoms with Crippen molar-refractivity contribution in [3.05, 3.63) is 205 Å². The summed E-state index contributed by atoms with van der Waals surface area (Å²) in [6, 6.07) is 50.2. The van der Waals surface area contributed by atoms with E-state index in [0.717, 1.165) is 27.8 Å². The summed E-state index contributed by atoms with van der Waals surface area (Å²) in [7, 11) is -1.65. The summed E-state index contributed by atoms with van der Waals surface area (Å²) in [5, 5.41) is 0. The average molecular weight is 887 g/mol. The van der Waals surface area contributed by atoms with Crippen LogP contribution in [0.15, 0.2) is 177 Å². The van der Waals surface area contributed by atoms with Gasteiger partial charge in [-0.15, -0.1) is 13.2 Å². The minimum absolute atomic E-state index is 0.250. The van der Waals surface area contributed by atoms with E-state index in [9.17, 15) is 0 Å².